The number of pyridine rings is 1. The molecule has 0 saturated heterocycles. The zero-order valence-electron chi connectivity index (χ0n) is 21.2. The summed E-state index contributed by atoms with van der Waals surface area (Å²) in [6.07, 6.45) is 8.91. The Labute approximate surface area is 220 Å². The molecule has 5 rings (SSSR count). The second-order valence-electron chi connectivity index (χ2n) is 9.31. The van der Waals surface area contributed by atoms with Gasteiger partial charge in [0.05, 0.1) is 17.3 Å². The maximum atomic E-state index is 13.6. The minimum Gasteiger partial charge on any atom is -0.322 e. The molecule has 1 aromatic carbocycles. The minimum atomic E-state index is -0.320. The second-order valence-corrected chi connectivity index (χ2v) is 10.4. The molecular formula is C29H29N5O2S. The van der Waals surface area contributed by atoms with E-state index in [2.05, 4.69) is 25.4 Å². The van der Waals surface area contributed by atoms with Crippen LogP contribution in [0.4, 0.5) is 5.69 Å². The van der Waals surface area contributed by atoms with Crippen LogP contribution < -0.4 is 10.7 Å². The first-order valence-electron chi connectivity index (χ1n) is 12.4. The molecule has 0 spiro atoms. The fraction of sp³-hybridized carbons (Fsp3) is 0.241. The van der Waals surface area contributed by atoms with Crippen molar-refractivity contribution in [3.8, 4) is 5.00 Å². The smallest absolute Gasteiger partial charge is 0.272 e. The molecule has 3 aromatic heterocycles. The van der Waals surface area contributed by atoms with E-state index in [1.807, 2.05) is 51.1 Å². The van der Waals surface area contributed by atoms with Crippen LogP contribution in [0, 0.1) is 20.8 Å². The summed E-state index contributed by atoms with van der Waals surface area (Å²) in [7, 11) is 0. The largest absolute Gasteiger partial charge is 0.322 e. The van der Waals surface area contributed by atoms with Crippen LogP contribution in [-0.4, -0.2) is 27.6 Å². The van der Waals surface area contributed by atoms with Crippen LogP contribution in [0.3, 0.4) is 0 Å². The summed E-state index contributed by atoms with van der Waals surface area (Å²) in [5.74, 6) is -0.399. The number of nitrogens with zero attached hydrogens (tertiary/aromatic N) is 3. The SMILES string of the molecule is Cc1ccc(NC(=O)c2c(-n3c(C)cc(/C=N\NC(=O)c4cccnc4)c3C)sc3c2CCCC3)cc1. The van der Waals surface area contributed by atoms with Crippen LogP contribution in [0.1, 0.15) is 66.5 Å². The lowest BCUT2D eigenvalue weighted by molar-refractivity contribution is 0.0954. The fourth-order valence-corrected chi connectivity index (χ4v) is 6.22. The molecule has 0 fully saturated rings. The number of benzene rings is 1. The van der Waals surface area contributed by atoms with Crippen LogP contribution in [0.25, 0.3) is 5.00 Å². The zero-order chi connectivity index (χ0) is 25.9. The Morgan fingerprint density at radius 3 is 2.59 bits per heavy atom. The molecular weight excluding hydrogens is 482 g/mol. The number of anilines is 1. The van der Waals surface area contributed by atoms with Gasteiger partial charge >= 0.3 is 0 Å². The summed E-state index contributed by atoms with van der Waals surface area (Å²) in [4.78, 5) is 31.2. The number of carbonyl (C=O) groups excluding carboxylic acids is 2. The lowest BCUT2D eigenvalue weighted by Gasteiger charge is -2.14. The van der Waals surface area contributed by atoms with E-state index in [0.717, 1.165) is 64.4 Å². The molecule has 8 heteroatoms. The van der Waals surface area contributed by atoms with Crippen LogP contribution in [-0.2, 0) is 12.8 Å². The van der Waals surface area contributed by atoms with Gasteiger partial charge in [-0.15, -0.1) is 11.3 Å². The van der Waals surface area contributed by atoms with Crippen molar-refractivity contribution in [2.24, 2.45) is 5.10 Å². The molecule has 2 N–H and O–H groups in total. The Kier molecular flexibility index (Phi) is 7.01. The van der Waals surface area contributed by atoms with Crippen molar-refractivity contribution >= 4 is 35.1 Å². The highest BCUT2D eigenvalue weighted by Gasteiger charge is 2.28. The molecule has 0 bridgehead atoms. The third-order valence-corrected chi connectivity index (χ3v) is 7.93. The molecule has 0 radical (unpaired) electrons. The summed E-state index contributed by atoms with van der Waals surface area (Å²) in [6, 6.07) is 13.3. The van der Waals surface area contributed by atoms with Crippen molar-refractivity contribution in [2.45, 2.75) is 46.5 Å². The van der Waals surface area contributed by atoms with Crippen molar-refractivity contribution in [1.82, 2.24) is 15.0 Å². The van der Waals surface area contributed by atoms with E-state index >= 15 is 0 Å². The molecule has 1 aliphatic rings. The van der Waals surface area contributed by atoms with E-state index in [1.54, 1.807) is 35.9 Å². The van der Waals surface area contributed by atoms with Gasteiger partial charge in [0.1, 0.15) is 5.00 Å². The number of hydrogen-bond donors (Lipinski definition) is 2. The second kappa shape index (κ2) is 10.5. The number of thiophene rings is 1. The number of hydrogen-bond acceptors (Lipinski definition) is 5. The molecule has 2 amide bonds. The number of amides is 2. The van der Waals surface area contributed by atoms with Gasteiger partial charge in [-0.3, -0.25) is 14.6 Å². The first-order chi connectivity index (χ1) is 17.9. The van der Waals surface area contributed by atoms with E-state index < -0.39 is 0 Å². The summed E-state index contributed by atoms with van der Waals surface area (Å²) in [6.45, 7) is 6.07. The highest BCUT2D eigenvalue weighted by atomic mass is 32.1. The lowest BCUT2D eigenvalue weighted by atomic mass is 9.95. The summed E-state index contributed by atoms with van der Waals surface area (Å²) in [5.41, 5.74) is 9.71. The van der Waals surface area contributed by atoms with Gasteiger partial charge in [0.25, 0.3) is 11.8 Å². The van der Waals surface area contributed by atoms with Gasteiger partial charge < -0.3 is 9.88 Å². The van der Waals surface area contributed by atoms with Crippen molar-refractivity contribution in [3.63, 3.8) is 0 Å². The Morgan fingerprint density at radius 1 is 1.05 bits per heavy atom. The molecule has 188 valence electrons. The molecule has 1 aliphatic carbocycles. The number of aromatic nitrogens is 2. The normalized spacial score (nSPS) is 12.9. The Balaban J connectivity index is 1.46. The number of hydrazone groups is 1. The van der Waals surface area contributed by atoms with Gasteiger partial charge in [0.2, 0.25) is 0 Å². The van der Waals surface area contributed by atoms with E-state index in [9.17, 15) is 9.59 Å². The standard InChI is InChI=1S/C29H29N5O2S/c1-18-10-12-23(13-11-18)32-28(36)26-24-8-4-5-9-25(24)37-29(26)34-19(2)15-22(20(34)3)17-31-33-27(35)21-7-6-14-30-16-21/h6-7,10-17H,4-5,8-9H2,1-3H3,(H,32,36)(H,33,35)/b31-17-. The number of fused-ring (bicyclic) bond motifs is 1. The zero-order valence-corrected chi connectivity index (χ0v) is 22.0. The molecule has 0 unspecified atom stereocenters. The van der Waals surface area contributed by atoms with Gasteiger partial charge in [-0.1, -0.05) is 17.7 Å². The number of aryl methyl sites for hydroxylation is 3. The Bertz CT molecular complexity index is 1480. The monoisotopic (exact) mass is 511 g/mol. The highest BCUT2D eigenvalue weighted by Crippen LogP contribution is 2.39. The van der Waals surface area contributed by atoms with Crippen LogP contribution in [0.15, 0.2) is 60.0 Å². The predicted octanol–water partition coefficient (Wildman–Crippen LogP) is 5.75. The fourth-order valence-electron chi connectivity index (χ4n) is 4.73. The molecule has 37 heavy (non-hydrogen) atoms. The third-order valence-electron chi connectivity index (χ3n) is 6.66. The maximum absolute atomic E-state index is 13.6. The Hall–Kier alpha value is -4.04. The number of carbonyl (C=O) groups is 2. The Morgan fingerprint density at radius 2 is 1.84 bits per heavy atom. The van der Waals surface area contributed by atoms with Gasteiger partial charge in [0, 0.05) is 39.9 Å². The highest BCUT2D eigenvalue weighted by molar-refractivity contribution is 7.15. The third kappa shape index (κ3) is 5.11. The summed E-state index contributed by atoms with van der Waals surface area (Å²) in [5, 5.41) is 8.22. The molecule has 0 saturated carbocycles. The van der Waals surface area contributed by atoms with Crippen LogP contribution in [0.5, 0.6) is 0 Å². The summed E-state index contributed by atoms with van der Waals surface area (Å²) >= 11 is 1.71. The van der Waals surface area contributed by atoms with Gasteiger partial charge in [-0.25, -0.2) is 5.43 Å². The van der Waals surface area contributed by atoms with Gasteiger partial charge in [0.15, 0.2) is 0 Å². The average molecular weight is 512 g/mol. The minimum absolute atomic E-state index is 0.0790. The van der Waals surface area contributed by atoms with Crippen LogP contribution in [0.2, 0.25) is 0 Å². The summed E-state index contributed by atoms with van der Waals surface area (Å²) < 4.78 is 2.14. The number of nitrogens with one attached hydrogen (secondary N) is 2. The maximum Gasteiger partial charge on any atom is 0.272 e. The van der Waals surface area contributed by atoms with Gasteiger partial charge in [-0.2, -0.15) is 5.10 Å². The lowest BCUT2D eigenvalue weighted by Crippen LogP contribution is -2.18. The van der Waals surface area contributed by atoms with E-state index in [4.69, 9.17) is 0 Å². The molecule has 0 atom stereocenters. The topological polar surface area (TPSA) is 88.4 Å². The van der Waals surface area contributed by atoms with Crippen molar-refractivity contribution < 1.29 is 9.59 Å². The van der Waals surface area contributed by atoms with Crippen molar-refractivity contribution in [3.05, 3.63) is 98.9 Å². The van der Waals surface area contributed by atoms with Crippen molar-refractivity contribution in [2.75, 3.05) is 5.32 Å². The van der Waals surface area contributed by atoms with E-state index in [1.165, 1.54) is 16.6 Å². The predicted molar refractivity (Wildman–Crippen MR) is 148 cm³/mol. The first kappa shape index (κ1) is 24.6. The van der Waals surface area contributed by atoms with E-state index in [0.29, 0.717) is 5.56 Å². The average Bonchev–Trinajstić information content (AvgIpc) is 3.41. The molecule has 7 nitrogen and oxygen atoms in total. The van der Waals surface area contributed by atoms with E-state index in [-0.39, 0.29) is 11.8 Å². The van der Waals surface area contributed by atoms with Crippen LogP contribution >= 0.6 is 11.3 Å². The first-order valence-corrected chi connectivity index (χ1v) is 13.2. The molecule has 0 aliphatic heterocycles. The molecule has 4 aromatic rings. The van der Waals surface area contributed by atoms with Gasteiger partial charge in [-0.05, 0) is 82.3 Å². The quantitative estimate of drug-likeness (QED) is 0.255. The molecule has 3 heterocycles. The number of rotatable bonds is 6. The van der Waals surface area contributed by atoms with Crippen molar-refractivity contribution in [1.29, 1.82) is 0 Å².